The number of halogens is 2. The molecular formula is C9H8F2N2O2. The van der Waals surface area contributed by atoms with Gasteiger partial charge in [0, 0.05) is 12.1 Å². The number of non-ortho nitro benzene ring substituents is 1. The number of rotatable bonds is 3. The molecule has 0 unspecified atom stereocenters. The molecule has 1 N–H and O–H groups in total. The van der Waals surface area contributed by atoms with Crippen molar-refractivity contribution in [1.29, 1.82) is 0 Å². The number of nitrogens with one attached hydrogen (secondary N) is 1. The average molecular weight is 214 g/mol. The Kier molecular flexibility index (Phi) is 2.26. The molecule has 6 heteroatoms. The van der Waals surface area contributed by atoms with Crippen molar-refractivity contribution in [2.75, 3.05) is 5.32 Å². The van der Waals surface area contributed by atoms with Crippen molar-refractivity contribution in [3.05, 3.63) is 33.9 Å². The summed E-state index contributed by atoms with van der Waals surface area (Å²) in [5.41, 5.74) is -0.582. The third kappa shape index (κ3) is 2.03. The third-order valence-electron chi connectivity index (χ3n) is 2.16. The second kappa shape index (κ2) is 3.45. The Labute approximate surface area is 84.1 Å². The van der Waals surface area contributed by atoms with Gasteiger partial charge >= 0.3 is 0 Å². The molecule has 0 atom stereocenters. The molecule has 1 aliphatic rings. The first-order valence-electron chi connectivity index (χ1n) is 4.48. The standard InChI is InChI=1S/C9H8F2N2O2/c10-7-3-6(13(14)15)4-8(9(7)11)12-5-1-2-5/h3-5,12H,1-2H2. The lowest BCUT2D eigenvalue weighted by Gasteiger charge is -2.06. The fraction of sp³-hybridized carbons (Fsp3) is 0.333. The summed E-state index contributed by atoms with van der Waals surface area (Å²) in [7, 11) is 0. The van der Waals surface area contributed by atoms with Gasteiger partial charge in [0.15, 0.2) is 11.6 Å². The molecule has 0 aliphatic heterocycles. The van der Waals surface area contributed by atoms with E-state index in [1.165, 1.54) is 0 Å². The fourth-order valence-corrected chi connectivity index (χ4v) is 1.23. The highest BCUT2D eigenvalue weighted by molar-refractivity contribution is 5.54. The Morgan fingerprint density at radius 1 is 1.40 bits per heavy atom. The summed E-state index contributed by atoms with van der Waals surface area (Å²) >= 11 is 0. The maximum absolute atomic E-state index is 13.2. The first-order chi connectivity index (χ1) is 7.08. The molecule has 1 aromatic rings. The molecule has 1 aromatic carbocycles. The van der Waals surface area contributed by atoms with Crippen LogP contribution in [-0.2, 0) is 0 Å². The van der Waals surface area contributed by atoms with Gasteiger partial charge in [-0.3, -0.25) is 10.1 Å². The molecule has 0 spiro atoms. The van der Waals surface area contributed by atoms with E-state index in [4.69, 9.17) is 0 Å². The van der Waals surface area contributed by atoms with Gasteiger partial charge in [0.1, 0.15) is 0 Å². The van der Waals surface area contributed by atoms with E-state index in [1.807, 2.05) is 0 Å². The van der Waals surface area contributed by atoms with Gasteiger partial charge in [-0.05, 0) is 12.8 Å². The predicted octanol–water partition coefficient (Wildman–Crippen LogP) is 2.45. The minimum atomic E-state index is -1.20. The average Bonchev–Trinajstić information content (AvgIpc) is 2.96. The van der Waals surface area contributed by atoms with Crippen molar-refractivity contribution < 1.29 is 13.7 Å². The molecule has 80 valence electrons. The zero-order chi connectivity index (χ0) is 11.0. The normalized spacial score (nSPS) is 15.1. The molecule has 1 aliphatic carbocycles. The highest BCUT2D eigenvalue weighted by Gasteiger charge is 2.24. The molecule has 15 heavy (non-hydrogen) atoms. The maximum Gasteiger partial charge on any atom is 0.274 e. The second-order valence-electron chi connectivity index (χ2n) is 3.46. The molecule has 0 radical (unpaired) electrons. The molecule has 0 bridgehead atoms. The number of nitro benzene ring substituents is 1. The Morgan fingerprint density at radius 3 is 2.60 bits per heavy atom. The van der Waals surface area contributed by atoms with Gasteiger partial charge in [0.05, 0.1) is 16.7 Å². The number of hydrogen-bond donors (Lipinski definition) is 1. The van der Waals surface area contributed by atoms with Crippen LogP contribution in [0.1, 0.15) is 12.8 Å². The Morgan fingerprint density at radius 2 is 2.07 bits per heavy atom. The van der Waals surface area contributed by atoms with E-state index < -0.39 is 22.2 Å². The topological polar surface area (TPSA) is 55.2 Å². The van der Waals surface area contributed by atoms with Crippen molar-refractivity contribution in [3.63, 3.8) is 0 Å². The smallest absolute Gasteiger partial charge is 0.274 e. The van der Waals surface area contributed by atoms with Gasteiger partial charge in [-0.1, -0.05) is 0 Å². The number of nitro groups is 1. The van der Waals surface area contributed by atoms with Crippen LogP contribution in [0.3, 0.4) is 0 Å². The van der Waals surface area contributed by atoms with E-state index >= 15 is 0 Å². The summed E-state index contributed by atoms with van der Waals surface area (Å²) in [5.74, 6) is -2.26. The maximum atomic E-state index is 13.2. The minimum Gasteiger partial charge on any atom is -0.380 e. The third-order valence-corrected chi connectivity index (χ3v) is 2.16. The molecule has 2 rings (SSSR count). The fourth-order valence-electron chi connectivity index (χ4n) is 1.23. The van der Waals surface area contributed by atoms with E-state index in [0.29, 0.717) is 6.07 Å². The van der Waals surface area contributed by atoms with Crippen molar-refractivity contribution in [3.8, 4) is 0 Å². The number of anilines is 1. The van der Waals surface area contributed by atoms with Gasteiger partial charge in [-0.25, -0.2) is 8.78 Å². The van der Waals surface area contributed by atoms with E-state index in [2.05, 4.69) is 5.32 Å². The van der Waals surface area contributed by atoms with Gasteiger partial charge in [0.2, 0.25) is 0 Å². The predicted molar refractivity (Wildman–Crippen MR) is 49.7 cm³/mol. The SMILES string of the molecule is O=[N+]([O-])c1cc(F)c(F)c(NC2CC2)c1. The molecule has 0 heterocycles. The first-order valence-corrected chi connectivity index (χ1v) is 4.48. The zero-order valence-corrected chi connectivity index (χ0v) is 7.67. The molecule has 0 aromatic heterocycles. The highest BCUT2D eigenvalue weighted by Crippen LogP contribution is 2.30. The summed E-state index contributed by atoms with van der Waals surface area (Å²) in [5, 5.41) is 13.1. The van der Waals surface area contributed by atoms with Crippen LogP contribution in [-0.4, -0.2) is 11.0 Å². The lowest BCUT2D eigenvalue weighted by atomic mass is 10.2. The van der Waals surface area contributed by atoms with Crippen molar-refractivity contribution in [1.82, 2.24) is 0 Å². The largest absolute Gasteiger partial charge is 0.380 e. The molecular weight excluding hydrogens is 206 g/mol. The summed E-state index contributed by atoms with van der Waals surface area (Å²) < 4.78 is 26.1. The van der Waals surface area contributed by atoms with Crippen molar-refractivity contribution >= 4 is 11.4 Å². The number of benzene rings is 1. The lowest BCUT2D eigenvalue weighted by Crippen LogP contribution is -2.05. The molecule has 1 fully saturated rings. The van der Waals surface area contributed by atoms with Gasteiger partial charge in [0.25, 0.3) is 5.69 Å². The van der Waals surface area contributed by atoms with Crippen LogP contribution < -0.4 is 5.32 Å². The van der Waals surface area contributed by atoms with Gasteiger partial charge in [-0.2, -0.15) is 0 Å². The van der Waals surface area contributed by atoms with Crippen molar-refractivity contribution in [2.45, 2.75) is 18.9 Å². The monoisotopic (exact) mass is 214 g/mol. The van der Waals surface area contributed by atoms with E-state index in [-0.39, 0.29) is 11.7 Å². The minimum absolute atomic E-state index is 0.112. The second-order valence-corrected chi connectivity index (χ2v) is 3.46. The zero-order valence-electron chi connectivity index (χ0n) is 7.67. The highest BCUT2D eigenvalue weighted by atomic mass is 19.2. The van der Waals surface area contributed by atoms with Crippen LogP contribution in [0.15, 0.2) is 12.1 Å². The van der Waals surface area contributed by atoms with Crippen LogP contribution in [0.25, 0.3) is 0 Å². The summed E-state index contributed by atoms with van der Waals surface area (Å²) in [6, 6.07) is 1.70. The molecule has 0 amide bonds. The van der Waals surface area contributed by atoms with Crippen LogP contribution in [0.5, 0.6) is 0 Å². The molecule has 1 saturated carbocycles. The Bertz CT molecular complexity index is 419. The molecule has 4 nitrogen and oxygen atoms in total. The van der Waals surface area contributed by atoms with Crippen LogP contribution >= 0.6 is 0 Å². The number of nitrogens with zero attached hydrogens (tertiary/aromatic N) is 1. The summed E-state index contributed by atoms with van der Waals surface area (Å²) in [6.07, 6.45) is 1.76. The first kappa shape index (κ1) is 9.82. The van der Waals surface area contributed by atoms with Gasteiger partial charge < -0.3 is 5.32 Å². The lowest BCUT2D eigenvalue weighted by molar-refractivity contribution is -0.385. The van der Waals surface area contributed by atoms with E-state index in [0.717, 1.165) is 18.9 Å². The van der Waals surface area contributed by atoms with E-state index in [1.54, 1.807) is 0 Å². The van der Waals surface area contributed by atoms with Crippen LogP contribution in [0.4, 0.5) is 20.2 Å². The molecule has 0 saturated heterocycles. The van der Waals surface area contributed by atoms with Gasteiger partial charge in [-0.15, -0.1) is 0 Å². The van der Waals surface area contributed by atoms with Crippen LogP contribution in [0.2, 0.25) is 0 Å². The summed E-state index contributed by atoms with van der Waals surface area (Å²) in [4.78, 5) is 9.66. The van der Waals surface area contributed by atoms with Crippen LogP contribution in [0, 0.1) is 21.7 Å². The number of hydrogen-bond acceptors (Lipinski definition) is 3. The Hall–Kier alpha value is -1.72. The Balaban J connectivity index is 2.36. The van der Waals surface area contributed by atoms with E-state index in [9.17, 15) is 18.9 Å². The quantitative estimate of drug-likeness (QED) is 0.621. The van der Waals surface area contributed by atoms with Crippen molar-refractivity contribution in [2.24, 2.45) is 0 Å². The summed E-state index contributed by atoms with van der Waals surface area (Å²) in [6.45, 7) is 0.